The molecule has 2 heterocycles. The third kappa shape index (κ3) is 3.30. The fraction of sp³-hybridized carbons (Fsp3) is 0.167. The van der Waals surface area contributed by atoms with Crippen molar-refractivity contribution in [1.82, 2.24) is 14.8 Å². The van der Waals surface area contributed by atoms with E-state index >= 15 is 0 Å². The van der Waals surface area contributed by atoms with E-state index in [0.717, 1.165) is 21.8 Å². The topological polar surface area (TPSA) is 80.6 Å². The number of aromatic nitrogens is 1. The van der Waals surface area contributed by atoms with E-state index in [-0.39, 0.29) is 5.70 Å². The lowest BCUT2D eigenvalue weighted by Crippen LogP contribution is -2.36. The second-order valence-corrected chi connectivity index (χ2v) is 5.59. The summed E-state index contributed by atoms with van der Waals surface area (Å²) in [5.74, 6) is -1.22. The molecule has 0 spiro atoms. The van der Waals surface area contributed by atoms with E-state index in [1.54, 1.807) is 6.08 Å². The summed E-state index contributed by atoms with van der Waals surface area (Å²) in [4.78, 5) is 36.4. The Bertz CT molecular complexity index is 865. The number of carbonyl (C=O) groups is 3. The number of esters is 1. The summed E-state index contributed by atoms with van der Waals surface area (Å²) in [7, 11) is 1.20. The molecule has 0 saturated carbocycles. The van der Waals surface area contributed by atoms with Gasteiger partial charge in [-0.05, 0) is 37.3 Å². The Hall–Kier alpha value is -3.35. The van der Waals surface area contributed by atoms with Crippen LogP contribution in [0.5, 0.6) is 0 Å². The molecule has 1 N–H and O–H groups in total. The first-order valence-corrected chi connectivity index (χ1v) is 7.65. The average molecular weight is 339 g/mol. The van der Waals surface area contributed by atoms with Gasteiger partial charge < -0.3 is 14.6 Å². The first-order chi connectivity index (χ1) is 12.0. The van der Waals surface area contributed by atoms with Crippen molar-refractivity contribution in [3.05, 3.63) is 59.5 Å². The van der Waals surface area contributed by atoms with E-state index in [0.29, 0.717) is 0 Å². The van der Waals surface area contributed by atoms with Gasteiger partial charge >= 0.3 is 12.0 Å². The van der Waals surface area contributed by atoms with E-state index < -0.39 is 24.5 Å². The number of hydrogen-bond donors (Lipinski definition) is 1. The minimum absolute atomic E-state index is 0.112. The second kappa shape index (κ2) is 6.64. The predicted octanol–water partition coefficient (Wildman–Crippen LogP) is 1.85. The van der Waals surface area contributed by atoms with Crippen LogP contribution in [0.4, 0.5) is 4.79 Å². The molecule has 0 atom stereocenters. The van der Waals surface area contributed by atoms with Gasteiger partial charge in [-0.25, -0.2) is 9.69 Å². The summed E-state index contributed by atoms with van der Waals surface area (Å²) in [6, 6.07) is 11.0. The van der Waals surface area contributed by atoms with E-state index in [1.807, 2.05) is 54.1 Å². The summed E-state index contributed by atoms with van der Waals surface area (Å²) in [6.07, 6.45) is 3.45. The lowest BCUT2D eigenvalue weighted by molar-refractivity contribution is -0.143. The van der Waals surface area contributed by atoms with Gasteiger partial charge in [-0.15, -0.1) is 0 Å². The van der Waals surface area contributed by atoms with Gasteiger partial charge in [0, 0.05) is 17.6 Å². The van der Waals surface area contributed by atoms with E-state index in [9.17, 15) is 14.4 Å². The van der Waals surface area contributed by atoms with Gasteiger partial charge in [0.25, 0.3) is 5.91 Å². The van der Waals surface area contributed by atoms with Crippen molar-refractivity contribution in [3.8, 4) is 5.69 Å². The maximum atomic E-state index is 12.3. The molecule has 0 radical (unpaired) electrons. The number of hydrogen-bond acceptors (Lipinski definition) is 4. The average Bonchev–Trinajstić information content (AvgIpc) is 3.16. The van der Waals surface area contributed by atoms with Crippen molar-refractivity contribution in [2.75, 3.05) is 13.7 Å². The number of ether oxygens (including phenoxy) is 1. The van der Waals surface area contributed by atoms with Crippen LogP contribution >= 0.6 is 0 Å². The Morgan fingerprint density at radius 3 is 2.60 bits per heavy atom. The Labute approximate surface area is 144 Å². The van der Waals surface area contributed by atoms with Crippen LogP contribution in [0, 0.1) is 6.92 Å². The number of nitrogens with zero attached hydrogens (tertiary/aromatic N) is 2. The van der Waals surface area contributed by atoms with E-state index in [1.165, 1.54) is 7.11 Å². The molecule has 0 aliphatic carbocycles. The predicted molar refractivity (Wildman–Crippen MR) is 90.7 cm³/mol. The standard InChI is InChI=1S/C18H17N3O4/c1-12-5-7-13(8-6-12)20-9-3-4-14(20)10-15-17(23)21(18(24)19-15)11-16(22)25-2/h3-10H,11H2,1-2H3,(H,19,24)/b15-10+. The fourth-order valence-electron chi connectivity index (χ4n) is 2.51. The number of imide groups is 1. The molecule has 1 saturated heterocycles. The zero-order valence-electron chi connectivity index (χ0n) is 13.9. The Kier molecular flexibility index (Phi) is 4.38. The highest BCUT2D eigenvalue weighted by atomic mass is 16.5. The summed E-state index contributed by atoms with van der Waals surface area (Å²) < 4.78 is 6.40. The van der Waals surface area contributed by atoms with Gasteiger partial charge in [0.2, 0.25) is 0 Å². The molecule has 1 aliphatic rings. The molecular weight excluding hydrogens is 322 g/mol. The van der Waals surface area contributed by atoms with Gasteiger partial charge in [-0.3, -0.25) is 9.59 Å². The van der Waals surface area contributed by atoms with Crippen molar-refractivity contribution < 1.29 is 19.1 Å². The first kappa shape index (κ1) is 16.5. The van der Waals surface area contributed by atoms with Gasteiger partial charge in [0.15, 0.2) is 0 Å². The van der Waals surface area contributed by atoms with E-state index in [2.05, 4.69) is 10.1 Å². The third-order valence-electron chi connectivity index (χ3n) is 3.86. The fourth-order valence-corrected chi connectivity index (χ4v) is 2.51. The summed E-state index contributed by atoms with van der Waals surface area (Å²) in [6.45, 7) is 1.59. The Morgan fingerprint density at radius 1 is 1.20 bits per heavy atom. The molecule has 1 aromatic heterocycles. The molecular formula is C18H17N3O4. The molecule has 7 heteroatoms. The maximum Gasteiger partial charge on any atom is 0.329 e. The number of aryl methyl sites for hydroxylation is 1. The van der Waals surface area contributed by atoms with Crippen molar-refractivity contribution in [2.45, 2.75) is 6.92 Å². The van der Waals surface area contributed by atoms with Crippen LogP contribution in [0.1, 0.15) is 11.3 Å². The monoisotopic (exact) mass is 339 g/mol. The minimum atomic E-state index is -0.659. The van der Waals surface area contributed by atoms with Gasteiger partial charge in [-0.2, -0.15) is 0 Å². The Morgan fingerprint density at radius 2 is 1.92 bits per heavy atom. The van der Waals surface area contributed by atoms with Crippen LogP contribution in [-0.2, 0) is 14.3 Å². The number of nitrogens with one attached hydrogen (secondary N) is 1. The lowest BCUT2D eigenvalue weighted by Gasteiger charge is -2.09. The number of benzene rings is 1. The number of methoxy groups -OCH3 is 1. The van der Waals surface area contributed by atoms with Crippen LogP contribution in [0.2, 0.25) is 0 Å². The quantitative estimate of drug-likeness (QED) is 0.524. The van der Waals surface area contributed by atoms with Crippen molar-refractivity contribution in [1.29, 1.82) is 0 Å². The number of urea groups is 1. The highest BCUT2D eigenvalue weighted by Crippen LogP contribution is 2.18. The zero-order valence-corrected chi connectivity index (χ0v) is 13.9. The van der Waals surface area contributed by atoms with Crippen LogP contribution in [-0.4, -0.2) is 41.0 Å². The summed E-state index contributed by atoms with van der Waals surface area (Å²) in [5, 5.41) is 2.49. The molecule has 7 nitrogen and oxygen atoms in total. The lowest BCUT2D eigenvalue weighted by atomic mass is 10.2. The molecule has 1 aromatic carbocycles. The van der Waals surface area contributed by atoms with Crippen molar-refractivity contribution >= 4 is 24.0 Å². The van der Waals surface area contributed by atoms with E-state index in [4.69, 9.17) is 0 Å². The van der Waals surface area contributed by atoms with Crippen LogP contribution in [0.25, 0.3) is 11.8 Å². The van der Waals surface area contributed by atoms with Crippen LogP contribution < -0.4 is 5.32 Å². The molecule has 2 aromatic rings. The molecule has 0 unspecified atom stereocenters. The summed E-state index contributed by atoms with van der Waals surface area (Å²) >= 11 is 0. The molecule has 1 fully saturated rings. The molecule has 0 bridgehead atoms. The maximum absolute atomic E-state index is 12.3. The molecule has 25 heavy (non-hydrogen) atoms. The van der Waals surface area contributed by atoms with Gasteiger partial charge in [0.1, 0.15) is 12.2 Å². The normalized spacial score (nSPS) is 15.6. The zero-order chi connectivity index (χ0) is 18.0. The number of rotatable bonds is 4. The van der Waals surface area contributed by atoms with Crippen molar-refractivity contribution in [2.24, 2.45) is 0 Å². The minimum Gasteiger partial charge on any atom is -0.468 e. The number of amides is 3. The van der Waals surface area contributed by atoms with Crippen LogP contribution in [0.15, 0.2) is 48.3 Å². The van der Waals surface area contributed by atoms with Gasteiger partial charge in [0.05, 0.1) is 7.11 Å². The molecule has 3 amide bonds. The van der Waals surface area contributed by atoms with Gasteiger partial charge in [-0.1, -0.05) is 17.7 Å². The largest absolute Gasteiger partial charge is 0.468 e. The first-order valence-electron chi connectivity index (χ1n) is 7.65. The highest BCUT2D eigenvalue weighted by molar-refractivity contribution is 6.15. The SMILES string of the molecule is COC(=O)CN1C(=O)N/C(=C/c2cccn2-c2ccc(C)cc2)C1=O. The number of carbonyl (C=O) groups excluding carboxylic acids is 3. The third-order valence-corrected chi connectivity index (χ3v) is 3.86. The highest BCUT2D eigenvalue weighted by Gasteiger charge is 2.35. The molecule has 1 aliphatic heterocycles. The Balaban J connectivity index is 1.88. The molecule has 128 valence electrons. The van der Waals surface area contributed by atoms with Crippen molar-refractivity contribution in [3.63, 3.8) is 0 Å². The molecule has 3 rings (SSSR count). The second-order valence-electron chi connectivity index (χ2n) is 5.59. The smallest absolute Gasteiger partial charge is 0.329 e. The van der Waals surface area contributed by atoms with Crippen LogP contribution in [0.3, 0.4) is 0 Å². The summed E-state index contributed by atoms with van der Waals surface area (Å²) in [5.41, 5.74) is 2.92.